The predicted octanol–water partition coefficient (Wildman–Crippen LogP) is 0.283. The van der Waals surface area contributed by atoms with Crippen molar-refractivity contribution in [1.29, 1.82) is 0 Å². The van der Waals surface area contributed by atoms with E-state index in [0.29, 0.717) is 6.54 Å². The van der Waals surface area contributed by atoms with Gasteiger partial charge in [0.1, 0.15) is 24.7 Å². The standard InChI is InChI=1S/C18H29N3O6/c1-17(2,3)27-16(25)20-7-11(22)21-9-10-13(18(10,4)5)14(21)15(24)19-8-12(23)26-6/h10,13-14H,7-9H2,1-6H3,(H,19,24)(H,20,25)/t10-,13-,14-/m0/s1. The van der Waals surface area contributed by atoms with Crippen LogP contribution in [0.5, 0.6) is 0 Å². The fourth-order valence-corrected chi connectivity index (χ4v) is 3.74. The number of fused-ring (bicyclic) bond motifs is 1. The summed E-state index contributed by atoms with van der Waals surface area (Å²) in [5.74, 6) is -1.05. The quantitative estimate of drug-likeness (QED) is 0.660. The van der Waals surface area contributed by atoms with Gasteiger partial charge in [0.25, 0.3) is 0 Å². The van der Waals surface area contributed by atoms with E-state index in [1.54, 1.807) is 20.8 Å². The van der Waals surface area contributed by atoms with E-state index in [-0.39, 0.29) is 42.2 Å². The Hall–Kier alpha value is -2.32. The van der Waals surface area contributed by atoms with Gasteiger partial charge in [-0.2, -0.15) is 0 Å². The molecule has 152 valence electrons. The van der Waals surface area contributed by atoms with Crippen LogP contribution in [0.2, 0.25) is 0 Å². The molecular weight excluding hydrogens is 354 g/mol. The van der Waals surface area contributed by atoms with Gasteiger partial charge in [-0.25, -0.2) is 4.79 Å². The van der Waals surface area contributed by atoms with Crippen LogP contribution in [0, 0.1) is 17.3 Å². The molecule has 2 aliphatic rings. The van der Waals surface area contributed by atoms with E-state index in [1.807, 2.05) is 0 Å². The normalized spacial score (nSPS) is 25.3. The first-order chi connectivity index (χ1) is 12.4. The molecule has 2 N–H and O–H groups in total. The van der Waals surface area contributed by atoms with Gasteiger partial charge in [0.15, 0.2) is 0 Å². The van der Waals surface area contributed by atoms with Gasteiger partial charge < -0.3 is 25.0 Å². The van der Waals surface area contributed by atoms with Crippen molar-refractivity contribution >= 4 is 23.9 Å². The second-order valence-electron chi connectivity index (χ2n) is 8.59. The van der Waals surface area contributed by atoms with E-state index in [4.69, 9.17) is 4.74 Å². The fraction of sp³-hybridized carbons (Fsp3) is 0.778. The van der Waals surface area contributed by atoms with Gasteiger partial charge in [0.05, 0.1) is 7.11 Å². The van der Waals surface area contributed by atoms with E-state index < -0.39 is 23.7 Å². The van der Waals surface area contributed by atoms with Crippen LogP contribution in [-0.4, -0.2) is 67.2 Å². The van der Waals surface area contributed by atoms with Crippen LogP contribution in [0.3, 0.4) is 0 Å². The molecule has 1 saturated carbocycles. The number of nitrogens with one attached hydrogen (secondary N) is 2. The molecule has 1 aliphatic carbocycles. The van der Waals surface area contributed by atoms with Gasteiger partial charge in [0.2, 0.25) is 11.8 Å². The van der Waals surface area contributed by atoms with Crippen LogP contribution in [0.15, 0.2) is 0 Å². The Kier molecular flexibility index (Phi) is 5.72. The molecule has 27 heavy (non-hydrogen) atoms. The fourth-order valence-electron chi connectivity index (χ4n) is 3.74. The molecule has 0 bridgehead atoms. The number of nitrogens with zero attached hydrogens (tertiary/aromatic N) is 1. The number of hydrogen-bond acceptors (Lipinski definition) is 6. The van der Waals surface area contributed by atoms with Crippen molar-refractivity contribution in [2.24, 2.45) is 17.3 Å². The summed E-state index contributed by atoms with van der Waals surface area (Å²) >= 11 is 0. The zero-order chi connectivity index (χ0) is 20.6. The molecule has 1 saturated heterocycles. The Labute approximate surface area is 159 Å². The van der Waals surface area contributed by atoms with Gasteiger partial charge in [-0.05, 0) is 38.0 Å². The number of piperidine rings is 1. The third kappa shape index (κ3) is 4.70. The van der Waals surface area contributed by atoms with E-state index in [0.717, 1.165) is 0 Å². The highest BCUT2D eigenvalue weighted by molar-refractivity contribution is 5.92. The lowest BCUT2D eigenvalue weighted by molar-refractivity contribution is -0.143. The van der Waals surface area contributed by atoms with Crippen molar-refractivity contribution in [3.05, 3.63) is 0 Å². The predicted molar refractivity (Wildman–Crippen MR) is 95.5 cm³/mol. The minimum absolute atomic E-state index is 0.0284. The smallest absolute Gasteiger partial charge is 0.408 e. The summed E-state index contributed by atoms with van der Waals surface area (Å²) in [5.41, 5.74) is -0.703. The first-order valence-corrected chi connectivity index (χ1v) is 8.99. The van der Waals surface area contributed by atoms with Gasteiger partial charge in [-0.15, -0.1) is 0 Å². The second-order valence-corrected chi connectivity index (χ2v) is 8.59. The van der Waals surface area contributed by atoms with Crippen molar-refractivity contribution in [3.63, 3.8) is 0 Å². The first kappa shape index (κ1) is 21.0. The highest BCUT2D eigenvalue weighted by Gasteiger charge is 2.69. The number of alkyl carbamates (subject to hydrolysis) is 1. The van der Waals surface area contributed by atoms with Crippen LogP contribution in [0.25, 0.3) is 0 Å². The number of esters is 1. The number of rotatable bonds is 5. The molecule has 2 fully saturated rings. The maximum absolute atomic E-state index is 12.6. The number of ether oxygens (including phenoxy) is 2. The van der Waals surface area contributed by atoms with Crippen LogP contribution in [0.1, 0.15) is 34.6 Å². The first-order valence-electron chi connectivity index (χ1n) is 8.99. The zero-order valence-corrected chi connectivity index (χ0v) is 16.8. The van der Waals surface area contributed by atoms with Gasteiger partial charge in [-0.3, -0.25) is 14.4 Å². The minimum Gasteiger partial charge on any atom is -0.468 e. The third-order valence-electron chi connectivity index (χ3n) is 5.21. The molecule has 0 unspecified atom stereocenters. The molecule has 9 heteroatoms. The number of likely N-dealkylation sites (tertiary alicyclic amines) is 1. The average molecular weight is 383 g/mol. The molecule has 0 aromatic heterocycles. The van der Waals surface area contributed by atoms with Gasteiger partial charge in [-0.1, -0.05) is 13.8 Å². The Balaban J connectivity index is 1.98. The zero-order valence-electron chi connectivity index (χ0n) is 16.8. The molecule has 1 heterocycles. The maximum Gasteiger partial charge on any atom is 0.408 e. The average Bonchev–Trinajstić information content (AvgIpc) is 2.93. The third-order valence-corrected chi connectivity index (χ3v) is 5.21. The van der Waals surface area contributed by atoms with E-state index in [2.05, 4.69) is 29.2 Å². The van der Waals surface area contributed by atoms with Crippen molar-refractivity contribution in [1.82, 2.24) is 15.5 Å². The van der Waals surface area contributed by atoms with Crippen LogP contribution in [0.4, 0.5) is 4.79 Å². The Morgan fingerprint density at radius 1 is 1.11 bits per heavy atom. The van der Waals surface area contributed by atoms with Gasteiger partial charge >= 0.3 is 12.1 Å². The highest BCUT2D eigenvalue weighted by Crippen LogP contribution is 2.64. The molecule has 0 aromatic carbocycles. The maximum atomic E-state index is 12.6. The summed E-state index contributed by atoms with van der Waals surface area (Å²) in [7, 11) is 1.24. The molecule has 2 rings (SSSR count). The highest BCUT2D eigenvalue weighted by atomic mass is 16.6. The molecule has 0 aromatic rings. The monoisotopic (exact) mass is 383 g/mol. The summed E-state index contributed by atoms with van der Waals surface area (Å²) < 4.78 is 9.64. The number of amides is 3. The van der Waals surface area contributed by atoms with E-state index in [1.165, 1.54) is 12.0 Å². The number of hydrogen-bond donors (Lipinski definition) is 2. The van der Waals surface area contributed by atoms with Crippen molar-refractivity contribution in [3.8, 4) is 0 Å². The minimum atomic E-state index is -0.688. The Morgan fingerprint density at radius 2 is 1.74 bits per heavy atom. The van der Waals surface area contributed by atoms with Crippen molar-refractivity contribution < 1.29 is 28.7 Å². The lowest BCUT2D eigenvalue weighted by atomic mass is 10.0. The Bertz CT molecular complexity index is 639. The molecular formula is C18H29N3O6. The molecule has 3 atom stereocenters. The summed E-state index contributed by atoms with van der Waals surface area (Å²) in [4.78, 5) is 49.7. The summed E-state index contributed by atoms with van der Waals surface area (Å²) in [6.07, 6.45) is -0.688. The number of methoxy groups -OCH3 is 1. The largest absolute Gasteiger partial charge is 0.468 e. The lowest BCUT2D eigenvalue weighted by Crippen LogP contribution is -2.53. The molecule has 3 amide bonds. The second kappa shape index (κ2) is 7.36. The van der Waals surface area contributed by atoms with Crippen LogP contribution >= 0.6 is 0 Å². The van der Waals surface area contributed by atoms with Gasteiger partial charge in [0, 0.05) is 6.54 Å². The summed E-state index contributed by atoms with van der Waals surface area (Å²) in [6, 6.07) is -0.664. The number of carbonyl (C=O) groups excluding carboxylic acids is 4. The summed E-state index contributed by atoms with van der Waals surface area (Å²) in [5, 5.41) is 4.96. The van der Waals surface area contributed by atoms with E-state index in [9.17, 15) is 19.2 Å². The molecule has 0 radical (unpaired) electrons. The summed E-state index contributed by atoms with van der Waals surface area (Å²) in [6.45, 7) is 9.25. The number of carbonyl (C=O) groups is 4. The van der Waals surface area contributed by atoms with E-state index >= 15 is 0 Å². The topological polar surface area (TPSA) is 114 Å². The molecule has 0 spiro atoms. The van der Waals surface area contributed by atoms with Crippen molar-refractivity contribution in [2.75, 3.05) is 26.7 Å². The lowest BCUT2D eigenvalue weighted by Gasteiger charge is -2.30. The van der Waals surface area contributed by atoms with Crippen molar-refractivity contribution in [2.45, 2.75) is 46.3 Å². The van der Waals surface area contributed by atoms with Crippen LogP contribution in [-0.2, 0) is 23.9 Å². The Morgan fingerprint density at radius 3 is 2.30 bits per heavy atom. The molecule has 9 nitrogen and oxygen atoms in total. The molecule has 1 aliphatic heterocycles. The SMILES string of the molecule is COC(=O)CNC(=O)[C@@H]1[C@@H]2[C@H](CN1C(=O)CNC(=O)OC(C)(C)C)C2(C)C. The van der Waals surface area contributed by atoms with Crippen LogP contribution < -0.4 is 10.6 Å².